The lowest BCUT2D eigenvalue weighted by molar-refractivity contribution is 0.374. The van der Waals surface area contributed by atoms with Gasteiger partial charge in [-0.3, -0.25) is 0 Å². The Labute approximate surface area is 125 Å². The van der Waals surface area contributed by atoms with Crippen molar-refractivity contribution in [3.63, 3.8) is 0 Å². The quantitative estimate of drug-likeness (QED) is 0.930. The van der Waals surface area contributed by atoms with Gasteiger partial charge in [-0.1, -0.05) is 6.92 Å². The number of hydrogen-bond donors (Lipinski definition) is 1. The molecule has 0 bridgehead atoms. The highest BCUT2D eigenvalue weighted by Crippen LogP contribution is 2.22. The van der Waals surface area contributed by atoms with E-state index in [0.29, 0.717) is 6.04 Å². The lowest BCUT2D eigenvalue weighted by Gasteiger charge is -2.25. The van der Waals surface area contributed by atoms with Gasteiger partial charge in [-0.15, -0.1) is 21.5 Å². The average molecular weight is 341 g/mol. The van der Waals surface area contributed by atoms with Crippen molar-refractivity contribution in [3.05, 3.63) is 32.4 Å². The minimum Gasteiger partial charge on any atom is -0.313 e. The van der Waals surface area contributed by atoms with Gasteiger partial charge in [0.15, 0.2) is 0 Å². The van der Waals surface area contributed by atoms with Gasteiger partial charge in [0.1, 0.15) is 11.6 Å². The molecule has 1 atom stereocenters. The Bertz CT molecular complexity index is 549. The number of aryl methyl sites for hydroxylation is 2. The second-order valence-corrected chi connectivity index (χ2v) is 7.37. The molecule has 0 saturated carbocycles. The molecule has 0 aliphatic carbocycles. The number of nitrogens with one attached hydrogen (secondary N) is 1. The first kappa shape index (κ1) is 13.3. The molecule has 4 nitrogen and oxygen atoms in total. The van der Waals surface area contributed by atoms with Gasteiger partial charge in [-0.05, 0) is 34.5 Å². The van der Waals surface area contributed by atoms with Crippen LogP contribution in [0.2, 0.25) is 0 Å². The van der Waals surface area contributed by atoms with Crippen molar-refractivity contribution in [3.8, 4) is 0 Å². The Hall–Kier alpha value is -0.720. The molecule has 0 saturated heterocycles. The lowest BCUT2D eigenvalue weighted by atomic mass is 10.1. The van der Waals surface area contributed by atoms with Crippen molar-refractivity contribution in [1.82, 2.24) is 20.1 Å². The van der Waals surface area contributed by atoms with Gasteiger partial charge in [0.2, 0.25) is 0 Å². The molecule has 1 aliphatic rings. The Morgan fingerprint density at radius 1 is 1.47 bits per heavy atom. The smallest absolute Gasteiger partial charge is 0.133 e. The minimum atomic E-state index is 0.523. The van der Waals surface area contributed by atoms with Crippen LogP contribution in [0.4, 0.5) is 0 Å². The second kappa shape index (κ2) is 5.73. The van der Waals surface area contributed by atoms with Crippen LogP contribution in [0.1, 0.15) is 29.9 Å². The van der Waals surface area contributed by atoms with E-state index in [-0.39, 0.29) is 0 Å². The highest BCUT2D eigenvalue weighted by molar-refractivity contribution is 9.11. The number of hydrogen-bond acceptors (Lipinski definition) is 4. The van der Waals surface area contributed by atoms with E-state index in [4.69, 9.17) is 0 Å². The largest absolute Gasteiger partial charge is 0.313 e. The molecule has 0 aromatic carbocycles. The van der Waals surface area contributed by atoms with Crippen LogP contribution >= 0.6 is 27.3 Å². The molecule has 19 heavy (non-hydrogen) atoms. The Morgan fingerprint density at radius 2 is 2.37 bits per heavy atom. The van der Waals surface area contributed by atoms with E-state index < -0.39 is 0 Å². The lowest BCUT2D eigenvalue weighted by Crippen LogP contribution is -2.37. The number of rotatable bonds is 4. The second-order valence-electron chi connectivity index (χ2n) is 4.82. The zero-order valence-corrected chi connectivity index (χ0v) is 13.3. The Morgan fingerprint density at radius 3 is 3.11 bits per heavy atom. The summed E-state index contributed by atoms with van der Waals surface area (Å²) in [5, 5.41) is 12.2. The number of nitrogens with zero attached hydrogens (tertiary/aromatic N) is 3. The number of halogens is 1. The third-order valence-corrected chi connectivity index (χ3v) is 5.16. The van der Waals surface area contributed by atoms with Gasteiger partial charge in [0, 0.05) is 36.9 Å². The van der Waals surface area contributed by atoms with Crippen molar-refractivity contribution >= 4 is 27.3 Å². The zero-order valence-electron chi connectivity index (χ0n) is 10.9. The van der Waals surface area contributed by atoms with E-state index in [9.17, 15) is 0 Å². The zero-order chi connectivity index (χ0) is 13.2. The van der Waals surface area contributed by atoms with E-state index in [1.54, 1.807) is 11.3 Å². The van der Waals surface area contributed by atoms with Gasteiger partial charge in [-0.25, -0.2) is 0 Å². The van der Waals surface area contributed by atoms with Crippen molar-refractivity contribution in [2.45, 2.75) is 45.3 Å². The summed E-state index contributed by atoms with van der Waals surface area (Å²) < 4.78 is 3.48. The van der Waals surface area contributed by atoms with Crippen molar-refractivity contribution < 1.29 is 0 Å². The number of aromatic nitrogens is 3. The van der Waals surface area contributed by atoms with Gasteiger partial charge in [0.25, 0.3) is 0 Å². The monoisotopic (exact) mass is 340 g/mol. The molecule has 2 aromatic heterocycles. The molecule has 3 heterocycles. The maximum atomic E-state index is 4.26. The summed E-state index contributed by atoms with van der Waals surface area (Å²) >= 11 is 5.30. The molecule has 2 aromatic rings. The molecular formula is C13H17BrN4S. The first-order chi connectivity index (χ1) is 9.26. The van der Waals surface area contributed by atoms with Crippen LogP contribution < -0.4 is 5.32 Å². The fourth-order valence-electron chi connectivity index (χ4n) is 2.50. The molecule has 6 heteroatoms. The van der Waals surface area contributed by atoms with Crippen LogP contribution in [0, 0.1) is 0 Å². The minimum absolute atomic E-state index is 0.523. The average Bonchev–Trinajstić information content (AvgIpc) is 3.01. The summed E-state index contributed by atoms with van der Waals surface area (Å²) in [4.78, 5) is 1.37. The SMILES string of the molecule is CCc1nnc2n1C[C@@H](NCc1ccc(Br)s1)CC2. The van der Waals surface area contributed by atoms with Crippen LogP contribution in [0.5, 0.6) is 0 Å². The summed E-state index contributed by atoms with van der Waals surface area (Å²) in [7, 11) is 0. The van der Waals surface area contributed by atoms with E-state index in [0.717, 1.165) is 44.0 Å². The first-order valence-corrected chi connectivity index (χ1v) is 8.25. The van der Waals surface area contributed by atoms with Gasteiger partial charge in [0.05, 0.1) is 3.79 Å². The van der Waals surface area contributed by atoms with Crippen LogP contribution in [-0.2, 0) is 25.9 Å². The predicted molar refractivity (Wildman–Crippen MR) is 80.4 cm³/mol. The van der Waals surface area contributed by atoms with Crippen LogP contribution in [0.3, 0.4) is 0 Å². The highest BCUT2D eigenvalue weighted by atomic mass is 79.9. The van der Waals surface area contributed by atoms with E-state index in [2.05, 4.69) is 55.1 Å². The van der Waals surface area contributed by atoms with Crippen molar-refractivity contribution in [2.75, 3.05) is 0 Å². The summed E-state index contributed by atoms with van der Waals surface area (Å²) in [6, 6.07) is 4.80. The van der Waals surface area contributed by atoms with Gasteiger partial charge < -0.3 is 9.88 Å². The standard InChI is InChI=1S/C13H17BrN4S/c1-2-12-16-17-13-6-3-9(8-18(12)13)15-7-10-4-5-11(14)19-10/h4-5,9,15H,2-3,6-8H2,1H3/t9-/m0/s1. The predicted octanol–water partition coefficient (Wildman–Crippen LogP) is 2.77. The van der Waals surface area contributed by atoms with Gasteiger partial charge in [-0.2, -0.15) is 0 Å². The van der Waals surface area contributed by atoms with Gasteiger partial charge >= 0.3 is 0 Å². The molecule has 0 fully saturated rings. The maximum Gasteiger partial charge on any atom is 0.133 e. The Kier molecular flexibility index (Phi) is 4.00. The summed E-state index contributed by atoms with van der Waals surface area (Å²) in [5.41, 5.74) is 0. The summed E-state index contributed by atoms with van der Waals surface area (Å²) in [6.45, 7) is 4.08. The molecule has 0 spiro atoms. The topological polar surface area (TPSA) is 42.7 Å². The molecule has 0 unspecified atom stereocenters. The molecule has 3 rings (SSSR count). The fourth-order valence-corrected chi connectivity index (χ4v) is 3.94. The first-order valence-electron chi connectivity index (χ1n) is 6.65. The summed E-state index contributed by atoms with van der Waals surface area (Å²) in [5.74, 6) is 2.26. The molecule has 0 radical (unpaired) electrons. The van der Waals surface area contributed by atoms with Crippen LogP contribution in [-0.4, -0.2) is 20.8 Å². The van der Waals surface area contributed by atoms with Crippen molar-refractivity contribution in [2.24, 2.45) is 0 Å². The van der Waals surface area contributed by atoms with E-state index in [1.807, 2.05) is 0 Å². The van der Waals surface area contributed by atoms with E-state index >= 15 is 0 Å². The molecule has 1 N–H and O–H groups in total. The normalized spacial score (nSPS) is 18.5. The number of fused-ring (bicyclic) bond motifs is 1. The molecular weight excluding hydrogens is 324 g/mol. The molecule has 0 amide bonds. The van der Waals surface area contributed by atoms with Crippen molar-refractivity contribution in [1.29, 1.82) is 0 Å². The van der Waals surface area contributed by atoms with Crippen LogP contribution in [0.15, 0.2) is 15.9 Å². The highest BCUT2D eigenvalue weighted by Gasteiger charge is 2.21. The number of thiophene rings is 1. The molecule has 1 aliphatic heterocycles. The third-order valence-electron chi connectivity index (χ3n) is 3.53. The Balaban J connectivity index is 1.62. The molecule has 102 valence electrons. The third kappa shape index (κ3) is 2.90. The van der Waals surface area contributed by atoms with Crippen LogP contribution in [0.25, 0.3) is 0 Å². The maximum absolute atomic E-state index is 4.26. The van der Waals surface area contributed by atoms with E-state index in [1.165, 1.54) is 8.66 Å². The fraction of sp³-hybridized carbons (Fsp3) is 0.538. The summed E-state index contributed by atoms with van der Waals surface area (Å²) in [6.07, 6.45) is 3.13.